The highest BCUT2D eigenvalue weighted by atomic mass is 35.5. The average molecular weight is 284 g/mol. The molecule has 2 rings (SSSR count). The lowest BCUT2D eigenvalue weighted by Crippen LogP contribution is -2.17. The Balaban J connectivity index is 2.00. The number of nitrogens with one attached hydrogen (secondary N) is 1. The Morgan fingerprint density at radius 2 is 1.94 bits per heavy atom. The lowest BCUT2D eigenvalue weighted by Gasteiger charge is -2.03. The van der Waals surface area contributed by atoms with E-state index in [1.165, 1.54) is 6.42 Å². The molecule has 1 heterocycles. The second-order valence-electron chi connectivity index (χ2n) is 4.14. The molecule has 0 aromatic heterocycles. The lowest BCUT2D eigenvalue weighted by atomic mass is 10.2. The molecule has 1 N–H and O–H groups in total. The van der Waals surface area contributed by atoms with E-state index in [0.29, 0.717) is 10.0 Å². The smallest absolute Gasteiger partial charge is 0.117 e. The van der Waals surface area contributed by atoms with Crippen LogP contribution in [0.25, 0.3) is 0 Å². The SMILES string of the molecule is Clc1cccc(Cl)c1/C=N\NC1=NCCCCC1. The molecule has 5 heteroatoms. The Morgan fingerprint density at radius 1 is 1.17 bits per heavy atom. The van der Waals surface area contributed by atoms with Crippen LogP contribution in [0.2, 0.25) is 10.0 Å². The number of amidine groups is 1. The number of nitrogens with zero attached hydrogens (tertiary/aromatic N) is 2. The molecule has 0 radical (unpaired) electrons. The van der Waals surface area contributed by atoms with E-state index in [-0.39, 0.29) is 0 Å². The number of hydrogen-bond acceptors (Lipinski definition) is 3. The highest BCUT2D eigenvalue weighted by Crippen LogP contribution is 2.22. The first-order valence-corrected chi connectivity index (χ1v) is 6.79. The summed E-state index contributed by atoms with van der Waals surface area (Å²) in [5.41, 5.74) is 3.69. The zero-order valence-electron chi connectivity index (χ0n) is 10.00. The van der Waals surface area contributed by atoms with Crippen molar-refractivity contribution in [3.63, 3.8) is 0 Å². The number of halogens is 2. The van der Waals surface area contributed by atoms with Gasteiger partial charge in [0.2, 0.25) is 0 Å². The molecule has 0 atom stereocenters. The van der Waals surface area contributed by atoms with Crippen molar-refractivity contribution >= 4 is 35.3 Å². The van der Waals surface area contributed by atoms with Gasteiger partial charge >= 0.3 is 0 Å². The highest BCUT2D eigenvalue weighted by Gasteiger charge is 2.04. The highest BCUT2D eigenvalue weighted by molar-refractivity contribution is 6.38. The molecule has 1 aromatic rings. The second kappa shape index (κ2) is 6.76. The molecule has 18 heavy (non-hydrogen) atoms. The minimum Gasteiger partial charge on any atom is -0.271 e. The van der Waals surface area contributed by atoms with E-state index in [4.69, 9.17) is 23.2 Å². The number of aliphatic imine (C=N–C) groups is 1. The van der Waals surface area contributed by atoms with E-state index in [2.05, 4.69) is 15.5 Å². The molecular weight excluding hydrogens is 269 g/mol. The van der Waals surface area contributed by atoms with Gasteiger partial charge < -0.3 is 0 Å². The molecule has 1 aromatic carbocycles. The summed E-state index contributed by atoms with van der Waals surface area (Å²) in [5.74, 6) is 0.937. The summed E-state index contributed by atoms with van der Waals surface area (Å²) < 4.78 is 0. The molecular formula is C13H15Cl2N3. The van der Waals surface area contributed by atoms with Crippen LogP contribution in [0.1, 0.15) is 31.2 Å². The average Bonchev–Trinajstić information content (AvgIpc) is 2.61. The molecule has 0 spiro atoms. The summed E-state index contributed by atoms with van der Waals surface area (Å²) in [6.45, 7) is 0.880. The first kappa shape index (κ1) is 13.4. The van der Waals surface area contributed by atoms with Crippen molar-refractivity contribution < 1.29 is 0 Å². The summed E-state index contributed by atoms with van der Waals surface area (Å²) in [5, 5.41) is 5.34. The largest absolute Gasteiger partial charge is 0.271 e. The minimum absolute atomic E-state index is 0.593. The van der Waals surface area contributed by atoms with Gasteiger partial charge in [0.1, 0.15) is 5.84 Å². The third-order valence-corrected chi connectivity index (χ3v) is 3.42. The predicted molar refractivity (Wildman–Crippen MR) is 78.0 cm³/mol. The lowest BCUT2D eigenvalue weighted by molar-refractivity contribution is 0.729. The normalized spacial score (nSPS) is 16.4. The zero-order chi connectivity index (χ0) is 12.8. The fourth-order valence-corrected chi connectivity index (χ4v) is 2.27. The van der Waals surface area contributed by atoms with E-state index >= 15 is 0 Å². The molecule has 0 bridgehead atoms. The summed E-state index contributed by atoms with van der Waals surface area (Å²) in [6.07, 6.45) is 6.14. The van der Waals surface area contributed by atoms with Gasteiger partial charge in [0, 0.05) is 18.5 Å². The maximum Gasteiger partial charge on any atom is 0.117 e. The Labute approximate surface area is 117 Å². The first-order chi connectivity index (χ1) is 8.77. The topological polar surface area (TPSA) is 36.8 Å². The van der Waals surface area contributed by atoms with Gasteiger partial charge in [-0.2, -0.15) is 5.10 Å². The van der Waals surface area contributed by atoms with Crippen LogP contribution in [-0.2, 0) is 0 Å². The van der Waals surface area contributed by atoms with E-state index in [1.807, 2.05) is 6.07 Å². The van der Waals surface area contributed by atoms with Crippen LogP contribution in [0.4, 0.5) is 0 Å². The van der Waals surface area contributed by atoms with Crippen molar-refractivity contribution in [3.05, 3.63) is 33.8 Å². The van der Waals surface area contributed by atoms with Crippen molar-refractivity contribution in [2.24, 2.45) is 10.1 Å². The van der Waals surface area contributed by atoms with Gasteiger partial charge in [-0.15, -0.1) is 0 Å². The van der Waals surface area contributed by atoms with Crippen LogP contribution in [0.3, 0.4) is 0 Å². The monoisotopic (exact) mass is 283 g/mol. The van der Waals surface area contributed by atoms with Crippen LogP contribution in [-0.4, -0.2) is 18.6 Å². The maximum atomic E-state index is 6.04. The summed E-state index contributed by atoms with van der Waals surface area (Å²) in [7, 11) is 0. The molecule has 0 saturated carbocycles. The molecule has 0 amide bonds. The molecule has 1 aliphatic heterocycles. The Kier molecular flexibility index (Phi) is 5.02. The van der Waals surface area contributed by atoms with Gasteiger partial charge in [-0.25, -0.2) is 0 Å². The summed E-state index contributed by atoms with van der Waals surface area (Å²) in [6, 6.07) is 5.39. The van der Waals surface area contributed by atoms with Gasteiger partial charge in [-0.3, -0.25) is 10.4 Å². The van der Waals surface area contributed by atoms with E-state index < -0.39 is 0 Å². The molecule has 1 aliphatic rings. The van der Waals surface area contributed by atoms with Crippen LogP contribution in [0.15, 0.2) is 28.3 Å². The van der Waals surface area contributed by atoms with Crippen LogP contribution in [0.5, 0.6) is 0 Å². The molecule has 0 saturated heterocycles. The number of hydrazone groups is 1. The van der Waals surface area contributed by atoms with Crippen molar-refractivity contribution in [2.75, 3.05) is 6.54 Å². The van der Waals surface area contributed by atoms with E-state index in [0.717, 1.165) is 37.2 Å². The van der Waals surface area contributed by atoms with Gasteiger partial charge in [0.05, 0.1) is 16.3 Å². The van der Waals surface area contributed by atoms with E-state index in [9.17, 15) is 0 Å². The first-order valence-electron chi connectivity index (χ1n) is 6.04. The Bertz CT molecular complexity index is 449. The van der Waals surface area contributed by atoms with Gasteiger partial charge in [-0.1, -0.05) is 35.7 Å². The fraction of sp³-hybridized carbons (Fsp3) is 0.385. The molecule has 3 nitrogen and oxygen atoms in total. The summed E-state index contributed by atoms with van der Waals surface area (Å²) >= 11 is 12.1. The van der Waals surface area contributed by atoms with Gasteiger partial charge in [0.25, 0.3) is 0 Å². The van der Waals surface area contributed by atoms with Crippen molar-refractivity contribution in [1.82, 2.24) is 5.43 Å². The second-order valence-corrected chi connectivity index (χ2v) is 4.96. The quantitative estimate of drug-likeness (QED) is 0.649. The zero-order valence-corrected chi connectivity index (χ0v) is 11.5. The van der Waals surface area contributed by atoms with Crippen LogP contribution >= 0.6 is 23.2 Å². The van der Waals surface area contributed by atoms with Gasteiger partial charge in [-0.05, 0) is 25.0 Å². The molecule has 0 aliphatic carbocycles. The minimum atomic E-state index is 0.593. The van der Waals surface area contributed by atoms with Crippen LogP contribution < -0.4 is 5.43 Å². The Hall–Kier alpha value is -1.06. The van der Waals surface area contributed by atoms with Crippen LogP contribution in [0, 0.1) is 0 Å². The van der Waals surface area contributed by atoms with Gasteiger partial charge in [0.15, 0.2) is 0 Å². The number of benzene rings is 1. The Morgan fingerprint density at radius 3 is 2.72 bits per heavy atom. The molecule has 0 unspecified atom stereocenters. The number of rotatable bonds is 2. The maximum absolute atomic E-state index is 6.04. The summed E-state index contributed by atoms with van der Waals surface area (Å²) in [4.78, 5) is 4.43. The predicted octanol–water partition coefficient (Wildman–Crippen LogP) is 3.89. The van der Waals surface area contributed by atoms with E-state index in [1.54, 1.807) is 18.3 Å². The third-order valence-electron chi connectivity index (χ3n) is 2.76. The van der Waals surface area contributed by atoms with Crippen molar-refractivity contribution in [2.45, 2.75) is 25.7 Å². The number of hydrogen-bond donors (Lipinski definition) is 1. The van der Waals surface area contributed by atoms with Crippen molar-refractivity contribution in [1.29, 1.82) is 0 Å². The standard InChI is InChI=1S/C13H15Cl2N3/c14-11-5-4-6-12(15)10(11)9-17-18-13-7-2-1-3-8-16-13/h4-6,9H,1-3,7-8H2,(H,16,18)/b17-9-. The van der Waals surface area contributed by atoms with Crippen molar-refractivity contribution in [3.8, 4) is 0 Å². The third kappa shape index (κ3) is 3.72. The fourth-order valence-electron chi connectivity index (χ4n) is 1.77. The molecule has 0 fully saturated rings. The molecule has 96 valence electrons.